The van der Waals surface area contributed by atoms with E-state index in [1.165, 1.54) is 36.8 Å². The highest BCUT2D eigenvalue weighted by molar-refractivity contribution is 5.32. The maximum atomic E-state index is 6.89. The minimum Gasteiger partial charge on any atom is -0.375 e. The summed E-state index contributed by atoms with van der Waals surface area (Å²) in [6, 6.07) is 8.85. The van der Waals surface area contributed by atoms with Crippen LogP contribution in [0.1, 0.15) is 49.7 Å². The molecule has 2 unspecified atom stereocenters. The molecule has 4 rings (SSSR count). The summed E-state index contributed by atoms with van der Waals surface area (Å²) in [7, 11) is 0. The van der Waals surface area contributed by atoms with Gasteiger partial charge in [-0.05, 0) is 68.4 Å². The maximum absolute atomic E-state index is 6.89. The lowest BCUT2D eigenvalue weighted by molar-refractivity contribution is -0.152. The van der Waals surface area contributed by atoms with Gasteiger partial charge in [0, 0.05) is 12.1 Å². The molecule has 0 amide bonds. The summed E-state index contributed by atoms with van der Waals surface area (Å²) in [5.74, 6) is 0.643. The zero-order valence-electron chi connectivity index (χ0n) is 12.2. The number of ether oxygens (including phenoxy) is 1. The van der Waals surface area contributed by atoms with E-state index in [0.29, 0.717) is 5.92 Å². The van der Waals surface area contributed by atoms with Crippen LogP contribution in [0, 0.1) is 5.92 Å². The van der Waals surface area contributed by atoms with Gasteiger partial charge in [0.1, 0.15) is 0 Å². The smallest absolute Gasteiger partial charge is 0.0686 e. The van der Waals surface area contributed by atoms with E-state index < -0.39 is 0 Å². The number of fused-ring (bicyclic) bond motifs is 1. The highest BCUT2D eigenvalue weighted by Gasteiger charge is 2.48. The quantitative estimate of drug-likeness (QED) is 0.851. The normalized spacial score (nSPS) is 35.4. The Kier molecular flexibility index (Phi) is 2.94. The highest BCUT2D eigenvalue weighted by Crippen LogP contribution is 2.48. The summed E-state index contributed by atoms with van der Waals surface area (Å²) in [5, 5.41) is 0. The third kappa shape index (κ3) is 2.01. The second-order valence-electron chi connectivity index (χ2n) is 7.25. The van der Waals surface area contributed by atoms with Gasteiger partial charge in [0.15, 0.2) is 0 Å². The summed E-state index contributed by atoms with van der Waals surface area (Å²) in [6.45, 7) is 0.922. The van der Waals surface area contributed by atoms with Gasteiger partial charge < -0.3 is 10.5 Å². The van der Waals surface area contributed by atoms with Crippen LogP contribution in [0.3, 0.4) is 0 Å². The number of benzene rings is 1. The molecular weight excluding hydrogens is 246 g/mol. The molecule has 0 radical (unpaired) electrons. The predicted molar refractivity (Wildman–Crippen MR) is 80.6 cm³/mol. The van der Waals surface area contributed by atoms with Crippen LogP contribution in [-0.4, -0.2) is 17.7 Å². The minimum atomic E-state index is 0.000718. The number of aryl methyl sites for hydroxylation is 1. The van der Waals surface area contributed by atoms with Crippen molar-refractivity contribution in [1.29, 1.82) is 0 Å². The van der Waals surface area contributed by atoms with E-state index in [0.717, 1.165) is 32.3 Å². The van der Waals surface area contributed by atoms with Crippen LogP contribution in [0.25, 0.3) is 0 Å². The molecule has 2 nitrogen and oxygen atoms in total. The first-order valence-corrected chi connectivity index (χ1v) is 8.19. The molecule has 2 aliphatic carbocycles. The van der Waals surface area contributed by atoms with E-state index in [2.05, 4.69) is 24.3 Å². The SMILES string of the molecule is NC1(C2CCOC3(CCC3)C2)CCc2ccccc2C1. The molecule has 2 N–H and O–H groups in total. The summed E-state index contributed by atoms with van der Waals surface area (Å²) in [4.78, 5) is 0. The Morgan fingerprint density at radius 1 is 1.10 bits per heavy atom. The van der Waals surface area contributed by atoms with Gasteiger partial charge in [-0.3, -0.25) is 0 Å². The first-order chi connectivity index (χ1) is 9.69. The van der Waals surface area contributed by atoms with Crippen LogP contribution in [0.15, 0.2) is 24.3 Å². The molecule has 0 aromatic heterocycles. The van der Waals surface area contributed by atoms with Crippen LogP contribution >= 0.6 is 0 Å². The molecule has 1 saturated heterocycles. The van der Waals surface area contributed by atoms with E-state index in [-0.39, 0.29) is 11.1 Å². The monoisotopic (exact) mass is 271 g/mol. The van der Waals surface area contributed by atoms with Crippen molar-refractivity contribution < 1.29 is 4.74 Å². The van der Waals surface area contributed by atoms with E-state index in [1.807, 2.05) is 0 Å². The summed E-state index contributed by atoms with van der Waals surface area (Å²) in [5.41, 5.74) is 10.1. The molecular formula is C18H25NO. The Balaban J connectivity index is 1.56. The lowest BCUT2D eigenvalue weighted by Gasteiger charge is -2.52. The number of hydrogen-bond acceptors (Lipinski definition) is 2. The van der Waals surface area contributed by atoms with Gasteiger partial charge in [0.25, 0.3) is 0 Å². The zero-order chi connectivity index (χ0) is 13.6. The lowest BCUT2D eigenvalue weighted by Crippen LogP contribution is -2.57. The van der Waals surface area contributed by atoms with Crippen molar-refractivity contribution >= 4 is 0 Å². The van der Waals surface area contributed by atoms with Crippen molar-refractivity contribution in [1.82, 2.24) is 0 Å². The van der Waals surface area contributed by atoms with E-state index in [9.17, 15) is 0 Å². The standard InChI is InChI=1S/C18H25NO/c19-18(10-6-14-4-1-2-5-15(14)12-18)16-7-11-20-17(13-16)8-3-9-17/h1-2,4-5,16H,3,6-13,19H2. The van der Waals surface area contributed by atoms with Gasteiger partial charge >= 0.3 is 0 Å². The molecule has 1 saturated carbocycles. The molecule has 20 heavy (non-hydrogen) atoms. The largest absolute Gasteiger partial charge is 0.375 e. The molecule has 1 aromatic carbocycles. The van der Waals surface area contributed by atoms with Gasteiger partial charge in [-0.2, -0.15) is 0 Å². The van der Waals surface area contributed by atoms with Crippen molar-refractivity contribution in [2.75, 3.05) is 6.61 Å². The molecule has 1 aliphatic heterocycles. The minimum absolute atomic E-state index is 0.000718. The fraction of sp³-hybridized carbons (Fsp3) is 0.667. The average molecular weight is 271 g/mol. The molecule has 2 atom stereocenters. The van der Waals surface area contributed by atoms with Gasteiger partial charge in [-0.25, -0.2) is 0 Å². The Bertz CT molecular complexity index is 508. The fourth-order valence-corrected chi connectivity index (χ4v) is 4.57. The van der Waals surface area contributed by atoms with Crippen LogP contribution in [0.4, 0.5) is 0 Å². The first kappa shape index (κ1) is 12.8. The molecule has 108 valence electrons. The van der Waals surface area contributed by atoms with Crippen molar-refractivity contribution in [2.24, 2.45) is 11.7 Å². The summed E-state index contributed by atoms with van der Waals surface area (Å²) in [6.07, 6.45) is 9.57. The average Bonchev–Trinajstić information content (AvgIpc) is 2.46. The first-order valence-electron chi connectivity index (χ1n) is 8.19. The topological polar surface area (TPSA) is 35.2 Å². The molecule has 3 aliphatic rings. The Hall–Kier alpha value is -0.860. The second-order valence-corrected chi connectivity index (χ2v) is 7.25. The predicted octanol–water partition coefficient (Wildman–Crippen LogP) is 3.22. The van der Waals surface area contributed by atoms with E-state index in [1.54, 1.807) is 0 Å². The molecule has 1 aromatic rings. The van der Waals surface area contributed by atoms with Gasteiger partial charge in [0.2, 0.25) is 0 Å². The lowest BCUT2D eigenvalue weighted by atomic mass is 9.63. The molecule has 0 bridgehead atoms. The van der Waals surface area contributed by atoms with Gasteiger partial charge in [0.05, 0.1) is 5.60 Å². The van der Waals surface area contributed by atoms with Crippen molar-refractivity contribution in [3.63, 3.8) is 0 Å². The van der Waals surface area contributed by atoms with Crippen LogP contribution < -0.4 is 5.73 Å². The van der Waals surface area contributed by atoms with E-state index in [4.69, 9.17) is 10.5 Å². The maximum Gasteiger partial charge on any atom is 0.0686 e. The zero-order valence-corrected chi connectivity index (χ0v) is 12.2. The van der Waals surface area contributed by atoms with Crippen LogP contribution in [0.2, 0.25) is 0 Å². The number of rotatable bonds is 1. The fourth-order valence-electron chi connectivity index (χ4n) is 4.57. The van der Waals surface area contributed by atoms with Gasteiger partial charge in [-0.1, -0.05) is 24.3 Å². The summed E-state index contributed by atoms with van der Waals surface area (Å²) >= 11 is 0. The molecule has 2 fully saturated rings. The Morgan fingerprint density at radius 3 is 2.65 bits per heavy atom. The van der Waals surface area contributed by atoms with Crippen molar-refractivity contribution in [3.8, 4) is 0 Å². The van der Waals surface area contributed by atoms with Gasteiger partial charge in [-0.15, -0.1) is 0 Å². The van der Waals surface area contributed by atoms with Crippen LogP contribution in [-0.2, 0) is 17.6 Å². The highest BCUT2D eigenvalue weighted by atomic mass is 16.5. The van der Waals surface area contributed by atoms with Crippen molar-refractivity contribution in [3.05, 3.63) is 35.4 Å². The Labute approximate surface area is 121 Å². The van der Waals surface area contributed by atoms with E-state index >= 15 is 0 Å². The molecule has 2 heteroatoms. The number of hydrogen-bond donors (Lipinski definition) is 1. The molecule has 1 heterocycles. The Morgan fingerprint density at radius 2 is 1.90 bits per heavy atom. The van der Waals surface area contributed by atoms with Crippen molar-refractivity contribution in [2.45, 2.75) is 62.5 Å². The second kappa shape index (κ2) is 4.57. The van der Waals surface area contributed by atoms with Crippen LogP contribution in [0.5, 0.6) is 0 Å². The number of nitrogens with two attached hydrogens (primary N) is 1. The third-order valence-corrected chi connectivity index (χ3v) is 6.07. The summed E-state index contributed by atoms with van der Waals surface area (Å²) < 4.78 is 6.08. The third-order valence-electron chi connectivity index (χ3n) is 6.07. The molecule has 1 spiro atoms.